The fraction of sp³-hybridized carbons (Fsp3) is 0.235. The lowest BCUT2D eigenvalue weighted by molar-refractivity contribution is 0.0697. The molecule has 6 nitrogen and oxygen atoms in total. The summed E-state index contributed by atoms with van der Waals surface area (Å²) in [7, 11) is 0. The Kier molecular flexibility index (Phi) is 3.73. The zero-order valence-electron chi connectivity index (χ0n) is 12.9. The molecule has 0 saturated heterocycles. The maximum atomic E-state index is 11.6. The SMILES string of the molecule is CCC(C)c1[nH]c(-c2nc3ccccc3cc2C(=O)O)nc1O. The van der Waals surface area contributed by atoms with Gasteiger partial charge in [-0.05, 0) is 18.6 Å². The van der Waals surface area contributed by atoms with Gasteiger partial charge in [-0.15, -0.1) is 0 Å². The summed E-state index contributed by atoms with van der Waals surface area (Å²) in [6.07, 6.45) is 0.826. The molecule has 0 aliphatic heterocycles. The lowest BCUT2D eigenvalue weighted by Gasteiger charge is -2.06. The number of hydrogen-bond acceptors (Lipinski definition) is 4. The summed E-state index contributed by atoms with van der Waals surface area (Å²) in [6, 6.07) is 8.85. The number of rotatable bonds is 4. The fourth-order valence-corrected chi connectivity index (χ4v) is 2.50. The molecule has 1 unspecified atom stereocenters. The van der Waals surface area contributed by atoms with E-state index in [4.69, 9.17) is 0 Å². The highest BCUT2D eigenvalue weighted by Crippen LogP contribution is 2.31. The largest absolute Gasteiger partial charge is 0.492 e. The lowest BCUT2D eigenvalue weighted by atomic mass is 10.1. The molecular formula is C17H17N3O3. The molecule has 0 radical (unpaired) electrons. The van der Waals surface area contributed by atoms with Gasteiger partial charge in [0.1, 0.15) is 5.69 Å². The molecule has 3 rings (SSSR count). The van der Waals surface area contributed by atoms with Gasteiger partial charge < -0.3 is 15.2 Å². The van der Waals surface area contributed by atoms with Crippen molar-refractivity contribution in [3.8, 4) is 17.4 Å². The van der Waals surface area contributed by atoms with Gasteiger partial charge in [-0.25, -0.2) is 9.78 Å². The first-order valence-electron chi connectivity index (χ1n) is 7.43. The number of aromatic amines is 1. The second-order valence-electron chi connectivity index (χ2n) is 5.51. The first-order valence-corrected chi connectivity index (χ1v) is 7.43. The highest BCUT2D eigenvalue weighted by Gasteiger charge is 2.21. The molecule has 0 spiro atoms. The molecule has 118 valence electrons. The summed E-state index contributed by atoms with van der Waals surface area (Å²) in [5.41, 5.74) is 1.54. The number of aromatic hydroxyl groups is 1. The number of aromatic nitrogens is 3. The van der Waals surface area contributed by atoms with Gasteiger partial charge in [-0.3, -0.25) is 0 Å². The van der Waals surface area contributed by atoms with Crippen LogP contribution >= 0.6 is 0 Å². The van der Waals surface area contributed by atoms with E-state index in [1.54, 1.807) is 6.07 Å². The fourth-order valence-electron chi connectivity index (χ4n) is 2.50. The van der Waals surface area contributed by atoms with Crippen molar-refractivity contribution in [3.05, 3.63) is 41.6 Å². The number of aromatic carboxylic acids is 1. The normalized spacial score (nSPS) is 12.4. The van der Waals surface area contributed by atoms with Crippen molar-refractivity contribution in [2.45, 2.75) is 26.2 Å². The van der Waals surface area contributed by atoms with E-state index < -0.39 is 5.97 Å². The Morgan fingerprint density at radius 2 is 2.04 bits per heavy atom. The number of hydrogen-bond donors (Lipinski definition) is 3. The average Bonchev–Trinajstić information content (AvgIpc) is 2.94. The summed E-state index contributed by atoms with van der Waals surface area (Å²) in [6.45, 7) is 3.96. The van der Waals surface area contributed by atoms with Gasteiger partial charge in [0.05, 0.1) is 16.8 Å². The van der Waals surface area contributed by atoms with Gasteiger partial charge in [0.25, 0.3) is 0 Å². The molecule has 0 fully saturated rings. The Balaban J connectivity index is 2.22. The van der Waals surface area contributed by atoms with Gasteiger partial charge in [0.2, 0.25) is 5.88 Å². The number of nitrogens with one attached hydrogen (secondary N) is 1. The minimum atomic E-state index is -1.08. The van der Waals surface area contributed by atoms with Crippen molar-refractivity contribution in [3.63, 3.8) is 0 Å². The van der Waals surface area contributed by atoms with Crippen LogP contribution in [0.25, 0.3) is 22.4 Å². The van der Waals surface area contributed by atoms with Crippen molar-refractivity contribution in [1.29, 1.82) is 0 Å². The number of nitrogens with zero attached hydrogens (tertiary/aromatic N) is 2. The third-order valence-electron chi connectivity index (χ3n) is 4.00. The van der Waals surface area contributed by atoms with Crippen LogP contribution in [-0.4, -0.2) is 31.1 Å². The molecule has 1 atom stereocenters. The van der Waals surface area contributed by atoms with Crippen LogP contribution in [0.5, 0.6) is 5.88 Å². The molecule has 0 saturated carbocycles. The molecule has 0 bridgehead atoms. The number of carboxylic acids is 1. The second-order valence-corrected chi connectivity index (χ2v) is 5.51. The smallest absolute Gasteiger partial charge is 0.338 e. The maximum absolute atomic E-state index is 11.6. The number of pyridine rings is 1. The number of fused-ring (bicyclic) bond motifs is 1. The maximum Gasteiger partial charge on any atom is 0.338 e. The standard InChI is InChI=1S/C17H17N3O3/c1-3-9(2)13-16(21)20-15(19-13)14-11(17(22)23)8-10-6-4-5-7-12(10)18-14/h4-9,21H,3H2,1-2H3,(H,19,20)(H,22,23). The van der Waals surface area contributed by atoms with Crippen LogP contribution in [-0.2, 0) is 0 Å². The third-order valence-corrected chi connectivity index (χ3v) is 4.00. The molecule has 0 aliphatic rings. The van der Waals surface area contributed by atoms with Crippen LogP contribution in [0.4, 0.5) is 0 Å². The topological polar surface area (TPSA) is 99.1 Å². The van der Waals surface area contributed by atoms with Gasteiger partial charge in [-0.1, -0.05) is 32.0 Å². The zero-order valence-corrected chi connectivity index (χ0v) is 12.9. The van der Waals surface area contributed by atoms with Crippen LogP contribution < -0.4 is 0 Å². The number of carbonyl (C=O) groups is 1. The second kappa shape index (κ2) is 5.72. The zero-order chi connectivity index (χ0) is 16.6. The first kappa shape index (κ1) is 15.0. The number of benzene rings is 1. The van der Waals surface area contributed by atoms with E-state index in [0.717, 1.165) is 11.8 Å². The van der Waals surface area contributed by atoms with Crippen LogP contribution in [0, 0.1) is 0 Å². The van der Waals surface area contributed by atoms with E-state index in [1.807, 2.05) is 38.1 Å². The highest BCUT2D eigenvalue weighted by molar-refractivity contribution is 5.98. The summed E-state index contributed by atoms with van der Waals surface area (Å²) < 4.78 is 0. The van der Waals surface area contributed by atoms with E-state index in [0.29, 0.717) is 11.2 Å². The van der Waals surface area contributed by atoms with Crippen LogP contribution in [0.1, 0.15) is 42.2 Å². The van der Waals surface area contributed by atoms with Crippen molar-refractivity contribution in [2.75, 3.05) is 0 Å². The first-order chi connectivity index (χ1) is 11.0. The van der Waals surface area contributed by atoms with Crippen LogP contribution in [0.15, 0.2) is 30.3 Å². The van der Waals surface area contributed by atoms with Crippen LogP contribution in [0.2, 0.25) is 0 Å². The van der Waals surface area contributed by atoms with Gasteiger partial charge in [0.15, 0.2) is 5.82 Å². The molecule has 2 heterocycles. The molecule has 0 aliphatic carbocycles. The minimum Gasteiger partial charge on any atom is -0.492 e. The van der Waals surface area contributed by atoms with E-state index in [9.17, 15) is 15.0 Å². The monoisotopic (exact) mass is 311 g/mol. The molecule has 3 aromatic rings. The lowest BCUT2D eigenvalue weighted by Crippen LogP contribution is -2.03. The van der Waals surface area contributed by atoms with Gasteiger partial charge in [-0.2, -0.15) is 4.98 Å². The summed E-state index contributed by atoms with van der Waals surface area (Å²) >= 11 is 0. The van der Waals surface area contributed by atoms with Gasteiger partial charge in [0, 0.05) is 11.3 Å². The molecule has 2 aromatic heterocycles. The highest BCUT2D eigenvalue weighted by atomic mass is 16.4. The predicted molar refractivity (Wildman–Crippen MR) is 86.7 cm³/mol. The van der Waals surface area contributed by atoms with Gasteiger partial charge >= 0.3 is 5.97 Å². The Labute approximate surface area is 132 Å². The Bertz CT molecular complexity index is 886. The summed E-state index contributed by atoms with van der Waals surface area (Å²) in [4.78, 5) is 23.1. The molecule has 1 aromatic carbocycles. The van der Waals surface area contributed by atoms with E-state index in [-0.39, 0.29) is 28.9 Å². The minimum absolute atomic E-state index is 0.0492. The molecule has 6 heteroatoms. The van der Waals surface area contributed by atoms with Crippen molar-refractivity contribution in [2.24, 2.45) is 0 Å². The van der Waals surface area contributed by atoms with Crippen molar-refractivity contribution >= 4 is 16.9 Å². The molecule has 3 N–H and O–H groups in total. The van der Waals surface area contributed by atoms with Crippen LogP contribution in [0.3, 0.4) is 0 Å². The Morgan fingerprint density at radius 1 is 1.30 bits per heavy atom. The van der Waals surface area contributed by atoms with Crippen molar-refractivity contribution in [1.82, 2.24) is 15.0 Å². The Hall–Kier alpha value is -2.89. The summed E-state index contributed by atoms with van der Waals surface area (Å²) in [5, 5.41) is 20.2. The number of para-hydroxylation sites is 1. The number of imidazole rings is 1. The van der Waals surface area contributed by atoms with E-state index in [2.05, 4.69) is 15.0 Å². The summed E-state index contributed by atoms with van der Waals surface area (Å²) in [5.74, 6) is -0.842. The molecule has 23 heavy (non-hydrogen) atoms. The van der Waals surface area contributed by atoms with E-state index >= 15 is 0 Å². The number of carboxylic acid groups (broad SMARTS) is 1. The molecule has 0 amide bonds. The predicted octanol–water partition coefficient (Wildman–Crippen LogP) is 3.54. The third kappa shape index (κ3) is 2.63. The average molecular weight is 311 g/mol. The van der Waals surface area contributed by atoms with Crippen molar-refractivity contribution < 1.29 is 15.0 Å². The number of H-pyrrole nitrogens is 1. The quantitative estimate of drug-likeness (QED) is 0.684. The molecular weight excluding hydrogens is 294 g/mol. The Morgan fingerprint density at radius 3 is 2.74 bits per heavy atom. The van der Waals surface area contributed by atoms with E-state index in [1.165, 1.54) is 0 Å².